The van der Waals surface area contributed by atoms with Gasteiger partial charge < -0.3 is 5.32 Å². The summed E-state index contributed by atoms with van der Waals surface area (Å²) in [5, 5.41) is 3.50. The van der Waals surface area contributed by atoms with Crippen LogP contribution in [0, 0.1) is 0 Å². The van der Waals surface area contributed by atoms with Gasteiger partial charge in [-0.05, 0) is 78.7 Å². The number of aromatic nitrogens is 2. The van der Waals surface area contributed by atoms with Crippen molar-refractivity contribution in [2.24, 2.45) is 0 Å². The van der Waals surface area contributed by atoms with Crippen LogP contribution in [0.1, 0.15) is 18.3 Å². The first kappa shape index (κ1) is 22.2. The standard InChI is InChI=1S/C32H27N3/c1-3-11-31-30(4-2)34-32(35(31)29-14-9-6-10-15-29)26-18-22-28(23-19-26)33-27-20-16-25(17-21-27)24-12-7-5-8-13-24/h3-23,33H,2H2,1H3/b11-3-. The maximum atomic E-state index is 4.92. The molecule has 35 heavy (non-hydrogen) atoms. The third kappa shape index (κ3) is 4.71. The van der Waals surface area contributed by atoms with Gasteiger partial charge in [0.15, 0.2) is 0 Å². The maximum absolute atomic E-state index is 4.92. The molecule has 0 fully saturated rings. The maximum Gasteiger partial charge on any atom is 0.145 e. The quantitative estimate of drug-likeness (QED) is 0.267. The summed E-state index contributed by atoms with van der Waals surface area (Å²) >= 11 is 0. The number of hydrogen-bond acceptors (Lipinski definition) is 2. The molecule has 0 atom stereocenters. The predicted octanol–water partition coefficient (Wildman–Crippen LogP) is 8.63. The molecule has 1 aromatic heterocycles. The zero-order valence-electron chi connectivity index (χ0n) is 19.7. The Morgan fingerprint density at radius 3 is 1.80 bits per heavy atom. The number of anilines is 2. The first-order valence-corrected chi connectivity index (χ1v) is 11.7. The molecular weight excluding hydrogens is 426 g/mol. The normalized spacial score (nSPS) is 11.0. The number of nitrogens with zero attached hydrogens (tertiary/aromatic N) is 2. The Labute approximate surface area is 206 Å². The molecule has 3 heteroatoms. The zero-order valence-corrected chi connectivity index (χ0v) is 19.7. The van der Waals surface area contributed by atoms with Gasteiger partial charge in [0.2, 0.25) is 0 Å². The van der Waals surface area contributed by atoms with E-state index in [1.54, 1.807) is 0 Å². The Morgan fingerprint density at radius 1 is 0.686 bits per heavy atom. The third-order valence-electron chi connectivity index (χ3n) is 5.90. The lowest BCUT2D eigenvalue weighted by Crippen LogP contribution is -2.00. The van der Waals surface area contributed by atoms with Gasteiger partial charge in [-0.2, -0.15) is 0 Å². The van der Waals surface area contributed by atoms with Crippen molar-refractivity contribution in [3.8, 4) is 28.2 Å². The fourth-order valence-corrected chi connectivity index (χ4v) is 4.20. The fourth-order valence-electron chi connectivity index (χ4n) is 4.20. The molecule has 0 spiro atoms. The Bertz CT molecular complexity index is 1440. The van der Waals surface area contributed by atoms with E-state index in [0.717, 1.165) is 39.8 Å². The Kier molecular flexibility index (Phi) is 6.40. The largest absolute Gasteiger partial charge is 0.356 e. The van der Waals surface area contributed by atoms with Crippen LogP contribution in [-0.4, -0.2) is 9.55 Å². The van der Waals surface area contributed by atoms with Gasteiger partial charge in [-0.15, -0.1) is 0 Å². The molecule has 4 aromatic carbocycles. The molecule has 5 aromatic rings. The summed E-state index contributed by atoms with van der Waals surface area (Å²) in [5.74, 6) is 0.887. The first-order valence-electron chi connectivity index (χ1n) is 11.7. The van der Waals surface area contributed by atoms with Crippen molar-refractivity contribution in [2.75, 3.05) is 5.32 Å². The lowest BCUT2D eigenvalue weighted by Gasteiger charge is -2.12. The third-order valence-corrected chi connectivity index (χ3v) is 5.90. The zero-order chi connectivity index (χ0) is 24.0. The monoisotopic (exact) mass is 453 g/mol. The van der Waals surface area contributed by atoms with Crippen LogP contribution in [0.5, 0.6) is 0 Å². The van der Waals surface area contributed by atoms with Crippen LogP contribution >= 0.6 is 0 Å². The summed E-state index contributed by atoms with van der Waals surface area (Å²) in [7, 11) is 0. The van der Waals surface area contributed by atoms with E-state index in [2.05, 4.69) is 107 Å². The molecule has 1 heterocycles. The van der Waals surface area contributed by atoms with E-state index in [-0.39, 0.29) is 0 Å². The van der Waals surface area contributed by atoms with Gasteiger partial charge >= 0.3 is 0 Å². The Balaban J connectivity index is 1.44. The molecule has 0 aliphatic carbocycles. The molecule has 0 aliphatic rings. The van der Waals surface area contributed by atoms with E-state index in [4.69, 9.17) is 4.98 Å². The number of rotatable bonds is 7. The lowest BCUT2D eigenvalue weighted by molar-refractivity contribution is 1.05. The highest BCUT2D eigenvalue weighted by Gasteiger charge is 2.16. The number of para-hydroxylation sites is 1. The number of nitrogens with one attached hydrogen (secondary N) is 1. The molecule has 0 unspecified atom stereocenters. The predicted molar refractivity (Wildman–Crippen MR) is 149 cm³/mol. The minimum Gasteiger partial charge on any atom is -0.356 e. The smallest absolute Gasteiger partial charge is 0.145 e. The fraction of sp³-hybridized carbons (Fsp3) is 0.0312. The Hall–Kier alpha value is -4.63. The SMILES string of the molecule is C=Cc1nc(-c2ccc(Nc3ccc(-c4ccccc4)cc3)cc2)n(-c2ccccc2)c1/C=C\C. The van der Waals surface area contributed by atoms with E-state index in [0.29, 0.717) is 0 Å². The van der Waals surface area contributed by atoms with Crippen molar-refractivity contribution in [3.63, 3.8) is 0 Å². The second-order valence-electron chi connectivity index (χ2n) is 8.23. The van der Waals surface area contributed by atoms with Crippen LogP contribution in [0.4, 0.5) is 11.4 Å². The number of hydrogen-bond donors (Lipinski definition) is 1. The van der Waals surface area contributed by atoms with E-state index in [1.165, 1.54) is 11.1 Å². The summed E-state index contributed by atoms with van der Waals surface area (Å²) in [6, 6.07) is 37.6. The molecule has 170 valence electrons. The van der Waals surface area contributed by atoms with Crippen molar-refractivity contribution in [1.29, 1.82) is 0 Å². The second kappa shape index (κ2) is 10.1. The van der Waals surface area contributed by atoms with Crippen molar-refractivity contribution >= 4 is 23.5 Å². The van der Waals surface area contributed by atoms with Gasteiger partial charge in [0.1, 0.15) is 5.82 Å². The molecule has 0 amide bonds. The van der Waals surface area contributed by atoms with E-state index >= 15 is 0 Å². The van der Waals surface area contributed by atoms with Crippen molar-refractivity contribution < 1.29 is 0 Å². The van der Waals surface area contributed by atoms with Gasteiger partial charge in [0.05, 0.1) is 11.4 Å². The van der Waals surface area contributed by atoms with Gasteiger partial charge in [-0.3, -0.25) is 4.57 Å². The number of imidazole rings is 1. The van der Waals surface area contributed by atoms with E-state index in [1.807, 2.05) is 43.3 Å². The van der Waals surface area contributed by atoms with Crippen molar-refractivity contribution in [1.82, 2.24) is 9.55 Å². The summed E-state index contributed by atoms with van der Waals surface area (Å²) in [6.07, 6.45) is 5.92. The van der Waals surface area contributed by atoms with Crippen molar-refractivity contribution in [3.05, 3.63) is 133 Å². The van der Waals surface area contributed by atoms with Gasteiger partial charge in [0, 0.05) is 22.6 Å². The molecule has 1 N–H and O–H groups in total. The minimum absolute atomic E-state index is 0.864. The Morgan fingerprint density at radius 2 is 1.23 bits per heavy atom. The molecule has 0 bridgehead atoms. The molecule has 0 radical (unpaired) electrons. The molecule has 0 aliphatic heterocycles. The minimum atomic E-state index is 0.864. The highest BCUT2D eigenvalue weighted by molar-refractivity contribution is 5.73. The molecule has 3 nitrogen and oxygen atoms in total. The number of allylic oxidation sites excluding steroid dienone is 1. The van der Waals surface area contributed by atoms with Crippen LogP contribution in [0.2, 0.25) is 0 Å². The van der Waals surface area contributed by atoms with Gasteiger partial charge in [0.25, 0.3) is 0 Å². The highest BCUT2D eigenvalue weighted by Crippen LogP contribution is 2.30. The van der Waals surface area contributed by atoms with Crippen LogP contribution in [0.15, 0.2) is 122 Å². The highest BCUT2D eigenvalue weighted by atomic mass is 15.1. The average molecular weight is 454 g/mol. The first-order chi connectivity index (χ1) is 17.3. The van der Waals surface area contributed by atoms with E-state index < -0.39 is 0 Å². The van der Waals surface area contributed by atoms with Gasteiger partial charge in [-0.1, -0.05) is 73.3 Å². The summed E-state index contributed by atoms with van der Waals surface area (Å²) in [5.41, 5.74) is 8.48. The van der Waals surface area contributed by atoms with Crippen LogP contribution < -0.4 is 5.32 Å². The van der Waals surface area contributed by atoms with Gasteiger partial charge in [-0.25, -0.2) is 4.98 Å². The van der Waals surface area contributed by atoms with Crippen LogP contribution in [0.25, 0.3) is 40.4 Å². The van der Waals surface area contributed by atoms with E-state index in [9.17, 15) is 0 Å². The number of benzene rings is 4. The average Bonchev–Trinajstić information content (AvgIpc) is 3.29. The summed E-state index contributed by atoms with van der Waals surface area (Å²) in [6.45, 7) is 6.00. The summed E-state index contributed by atoms with van der Waals surface area (Å²) in [4.78, 5) is 4.92. The lowest BCUT2D eigenvalue weighted by atomic mass is 10.1. The molecule has 0 saturated carbocycles. The summed E-state index contributed by atoms with van der Waals surface area (Å²) < 4.78 is 2.18. The topological polar surface area (TPSA) is 29.9 Å². The second-order valence-corrected chi connectivity index (χ2v) is 8.23. The van der Waals surface area contributed by atoms with Crippen molar-refractivity contribution in [2.45, 2.75) is 6.92 Å². The van der Waals surface area contributed by atoms with Crippen LogP contribution in [0.3, 0.4) is 0 Å². The van der Waals surface area contributed by atoms with Crippen LogP contribution in [-0.2, 0) is 0 Å². The molecular formula is C32H27N3. The molecule has 5 rings (SSSR count). The molecule has 0 saturated heterocycles.